The van der Waals surface area contributed by atoms with Gasteiger partial charge >= 0.3 is 0 Å². The van der Waals surface area contributed by atoms with Gasteiger partial charge in [0.1, 0.15) is 0 Å². The van der Waals surface area contributed by atoms with E-state index >= 15 is 0 Å². The van der Waals surface area contributed by atoms with Crippen LogP contribution in [0.1, 0.15) is 5.56 Å². The Morgan fingerprint density at radius 2 is 1.71 bits per heavy atom. The smallest absolute Gasteiger partial charge is 0.239 e. The number of halogens is 2. The molecule has 0 aliphatic carbocycles. The van der Waals surface area contributed by atoms with E-state index in [2.05, 4.69) is 0 Å². The van der Waals surface area contributed by atoms with E-state index in [-0.39, 0.29) is 30.7 Å². The van der Waals surface area contributed by atoms with Crippen molar-refractivity contribution in [2.45, 2.75) is 12.5 Å². The Balaban J connectivity index is 0. The SMILES string of the molecule is CN(C)C(=O)[C@@H](N)Cc1ccc(N)cc1.Cl.Cl. The molecule has 0 radical (unpaired) electrons. The summed E-state index contributed by atoms with van der Waals surface area (Å²) < 4.78 is 0. The number of nitrogens with two attached hydrogens (primary N) is 2. The normalized spacial score (nSPS) is 10.8. The number of nitrogens with zero attached hydrogens (tertiary/aromatic N) is 1. The second-order valence-electron chi connectivity index (χ2n) is 3.78. The lowest BCUT2D eigenvalue weighted by atomic mass is 10.1. The number of anilines is 1. The number of rotatable bonds is 3. The highest BCUT2D eigenvalue weighted by atomic mass is 35.5. The number of amides is 1. The molecule has 0 saturated carbocycles. The third-order valence-electron chi connectivity index (χ3n) is 2.19. The first kappa shape index (κ1) is 18.4. The maximum Gasteiger partial charge on any atom is 0.239 e. The molecular formula is C11H19Cl2N3O. The van der Waals surface area contributed by atoms with Crippen molar-refractivity contribution in [1.82, 2.24) is 4.90 Å². The van der Waals surface area contributed by atoms with Crippen LogP contribution in [0.25, 0.3) is 0 Å². The third-order valence-corrected chi connectivity index (χ3v) is 2.19. The summed E-state index contributed by atoms with van der Waals surface area (Å²) in [6, 6.07) is 6.91. The van der Waals surface area contributed by atoms with Gasteiger partial charge in [0.2, 0.25) is 5.91 Å². The molecule has 0 aliphatic heterocycles. The maximum atomic E-state index is 11.5. The summed E-state index contributed by atoms with van der Waals surface area (Å²) in [6.45, 7) is 0. The second-order valence-corrected chi connectivity index (χ2v) is 3.78. The number of carbonyl (C=O) groups excluding carboxylic acids is 1. The van der Waals surface area contributed by atoms with E-state index in [4.69, 9.17) is 11.5 Å². The van der Waals surface area contributed by atoms with E-state index in [1.165, 1.54) is 4.90 Å². The van der Waals surface area contributed by atoms with Gasteiger partial charge in [-0.15, -0.1) is 24.8 Å². The number of carbonyl (C=O) groups is 1. The van der Waals surface area contributed by atoms with Crippen molar-refractivity contribution in [3.05, 3.63) is 29.8 Å². The molecule has 1 atom stereocenters. The van der Waals surface area contributed by atoms with Crippen molar-refractivity contribution >= 4 is 36.4 Å². The molecule has 1 aromatic rings. The van der Waals surface area contributed by atoms with Crippen LogP contribution in [0.15, 0.2) is 24.3 Å². The molecule has 6 heteroatoms. The summed E-state index contributed by atoms with van der Waals surface area (Å²) in [5, 5.41) is 0. The maximum absolute atomic E-state index is 11.5. The molecule has 98 valence electrons. The highest BCUT2D eigenvalue weighted by molar-refractivity contribution is 5.85. The summed E-state index contributed by atoms with van der Waals surface area (Å²) in [4.78, 5) is 13.0. The Hall–Kier alpha value is -0.970. The summed E-state index contributed by atoms with van der Waals surface area (Å²) >= 11 is 0. The van der Waals surface area contributed by atoms with E-state index in [9.17, 15) is 4.79 Å². The number of hydrogen-bond donors (Lipinski definition) is 2. The molecule has 0 spiro atoms. The Morgan fingerprint density at radius 1 is 1.24 bits per heavy atom. The molecule has 0 aromatic heterocycles. The van der Waals surface area contributed by atoms with Crippen LogP contribution in [0.3, 0.4) is 0 Å². The van der Waals surface area contributed by atoms with Gasteiger partial charge in [0.25, 0.3) is 0 Å². The summed E-state index contributed by atoms with van der Waals surface area (Å²) in [5.74, 6) is -0.0631. The lowest BCUT2D eigenvalue weighted by Gasteiger charge is -2.16. The van der Waals surface area contributed by atoms with Gasteiger partial charge in [-0.1, -0.05) is 12.1 Å². The lowest BCUT2D eigenvalue weighted by molar-refractivity contribution is -0.130. The quantitative estimate of drug-likeness (QED) is 0.813. The monoisotopic (exact) mass is 279 g/mol. The van der Waals surface area contributed by atoms with Crippen LogP contribution < -0.4 is 11.5 Å². The first-order valence-corrected chi connectivity index (χ1v) is 4.82. The van der Waals surface area contributed by atoms with E-state index in [1.807, 2.05) is 24.3 Å². The van der Waals surface area contributed by atoms with Gasteiger partial charge < -0.3 is 16.4 Å². The molecular weight excluding hydrogens is 261 g/mol. The van der Waals surface area contributed by atoms with Crippen LogP contribution in [0.5, 0.6) is 0 Å². The minimum atomic E-state index is -0.483. The molecule has 17 heavy (non-hydrogen) atoms. The molecule has 1 rings (SSSR count). The van der Waals surface area contributed by atoms with Gasteiger partial charge in [0, 0.05) is 19.8 Å². The summed E-state index contributed by atoms with van der Waals surface area (Å²) in [6.07, 6.45) is 0.539. The van der Waals surface area contributed by atoms with E-state index in [0.717, 1.165) is 5.56 Å². The molecule has 0 aliphatic rings. The first-order valence-electron chi connectivity index (χ1n) is 4.82. The van der Waals surface area contributed by atoms with Gasteiger partial charge in [0.05, 0.1) is 6.04 Å². The van der Waals surface area contributed by atoms with Gasteiger partial charge in [-0.05, 0) is 24.1 Å². The van der Waals surface area contributed by atoms with Crippen molar-refractivity contribution in [2.75, 3.05) is 19.8 Å². The number of benzene rings is 1. The zero-order chi connectivity index (χ0) is 11.4. The minimum absolute atomic E-state index is 0. The van der Waals surface area contributed by atoms with E-state index in [1.54, 1.807) is 14.1 Å². The van der Waals surface area contributed by atoms with Gasteiger partial charge in [-0.2, -0.15) is 0 Å². The Bertz CT molecular complexity index is 341. The molecule has 4 nitrogen and oxygen atoms in total. The average molecular weight is 280 g/mol. The van der Waals surface area contributed by atoms with Crippen LogP contribution in [0.2, 0.25) is 0 Å². The molecule has 0 fully saturated rings. The summed E-state index contributed by atoms with van der Waals surface area (Å²) in [5.41, 5.74) is 13.1. The highest BCUT2D eigenvalue weighted by Crippen LogP contribution is 2.07. The Kier molecular flexibility index (Phi) is 8.84. The van der Waals surface area contributed by atoms with Crippen molar-refractivity contribution < 1.29 is 4.79 Å². The molecule has 0 saturated heterocycles. The average Bonchev–Trinajstić information content (AvgIpc) is 2.20. The van der Waals surface area contributed by atoms with Crippen LogP contribution >= 0.6 is 24.8 Å². The Labute approximate surface area is 114 Å². The van der Waals surface area contributed by atoms with Gasteiger partial charge in [0.15, 0.2) is 0 Å². The predicted octanol–water partition coefficient (Wildman–Crippen LogP) is 1.07. The Morgan fingerprint density at radius 3 is 2.12 bits per heavy atom. The molecule has 4 N–H and O–H groups in total. The van der Waals surface area contributed by atoms with Crippen molar-refractivity contribution in [2.24, 2.45) is 5.73 Å². The number of nitrogen functional groups attached to an aromatic ring is 1. The van der Waals surface area contributed by atoms with Crippen molar-refractivity contribution in [1.29, 1.82) is 0 Å². The fourth-order valence-electron chi connectivity index (χ4n) is 1.33. The molecule has 0 bridgehead atoms. The molecule has 0 unspecified atom stereocenters. The fourth-order valence-corrected chi connectivity index (χ4v) is 1.33. The van der Waals surface area contributed by atoms with Gasteiger partial charge in [-0.25, -0.2) is 0 Å². The van der Waals surface area contributed by atoms with E-state index in [0.29, 0.717) is 12.1 Å². The predicted molar refractivity (Wildman–Crippen MR) is 75.7 cm³/mol. The third kappa shape index (κ3) is 5.77. The standard InChI is InChI=1S/C11H17N3O.2ClH/c1-14(2)11(15)10(13)7-8-3-5-9(12)6-4-8;;/h3-6,10H,7,12-13H2,1-2H3;2*1H/t10-;;/m0../s1. The van der Waals surface area contributed by atoms with Crippen LogP contribution in [-0.2, 0) is 11.2 Å². The minimum Gasteiger partial charge on any atom is -0.399 e. The summed E-state index contributed by atoms with van der Waals surface area (Å²) in [7, 11) is 3.40. The number of likely N-dealkylation sites (N-methyl/N-ethyl adjacent to an activating group) is 1. The second kappa shape index (κ2) is 8.17. The van der Waals surface area contributed by atoms with E-state index < -0.39 is 6.04 Å². The lowest BCUT2D eigenvalue weighted by Crippen LogP contribution is -2.41. The van der Waals surface area contributed by atoms with Crippen molar-refractivity contribution in [3.63, 3.8) is 0 Å². The number of hydrogen-bond acceptors (Lipinski definition) is 3. The highest BCUT2D eigenvalue weighted by Gasteiger charge is 2.15. The van der Waals surface area contributed by atoms with Gasteiger partial charge in [-0.3, -0.25) is 4.79 Å². The van der Waals surface area contributed by atoms with Crippen LogP contribution in [0, 0.1) is 0 Å². The van der Waals surface area contributed by atoms with Crippen LogP contribution in [0.4, 0.5) is 5.69 Å². The zero-order valence-corrected chi connectivity index (χ0v) is 11.6. The fraction of sp³-hybridized carbons (Fsp3) is 0.364. The largest absolute Gasteiger partial charge is 0.399 e. The zero-order valence-electron chi connectivity index (χ0n) is 9.92. The topological polar surface area (TPSA) is 72.3 Å². The molecule has 1 amide bonds. The molecule has 1 aromatic carbocycles. The van der Waals surface area contributed by atoms with Crippen molar-refractivity contribution in [3.8, 4) is 0 Å². The first-order chi connectivity index (χ1) is 7.00. The van der Waals surface area contributed by atoms with Crippen LogP contribution in [-0.4, -0.2) is 30.9 Å². The molecule has 0 heterocycles.